The minimum absolute atomic E-state index is 0.280. The van der Waals surface area contributed by atoms with Crippen LogP contribution in [0.15, 0.2) is 42.5 Å². The second-order valence-electron chi connectivity index (χ2n) is 5.54. The largest absolute Gasteiger partial charge is 0.492 e. The minimum atomic E-state index is -5.22. The fourth-order valence-electron chi connectivity index (χ4n) is 2.29. The van der Waals surface area contributed by atoms with E-state index in [-0.39, 0.29) is 16.5 Å². The topological polar surface area (TPSA) is 59.6 Å². The van der Waals surface area contributed by atoms with E-state index in [1.807, 2.05) is 5.32 Å². The molecule has 12 heteroatoms. The second kappa shape index (κ2) is 6.66. The van der Waals surface area contributed by atoms with Crippen molar-refractivity contribution in [2.24, 2.45) is 0 Å². The zero-order valence-corrected chi connectivity index (χ0v) is 14.2. The third kappa shape index (κ3) is 3.75. The number of para-hydroxylation sites is 2. The van der Waals surface area contributed by atoms with Gasteiger partial charge in [-0.05, 0) is 30.3 Å². The summed E-state index contributed by atoms with van der Waals surface area (Å²) in [6, 6.07) is 5.58. The highest BCUT2D eigenvalue weighted by Crippen LogP contribution is 2.45. The summed E-state index contributed by atoms with van der Waals surface area (Å²) < 4.78 is 88.3. The molecule has 5 nitrogen and oxygen atoms in total. The maximum absolute atomic E-state index is 13.5. The number of nitrogens with one attached hydrogen (secondary N) is 2. The molecule has 0 atom stereocenters. The van der Waals surface area contributed by atoms with E-state index < -0.39 is 35.5 Å². The molecule has 1 heterocycles. The number of alkyl halides is 6. The Kier molecular flexibility index (Phi) is 4.74. The molecule has 0 aromatic heterocycles. The van der Waals surface area contributed by atoms with Gasteiger partial charge in [0.2, 0.25) is 0 Å². The fraction of sp³-hybridized carbons (Fsp3) is 0.188. The third-order valence-corrected chi connectivity index (χ3v) is 3.88. The molecule has 1 aliphatic heterocycles. The van der Waals surface area contributed by atoms with E-state index in [1.54, 1.807) is 0 Å². The highest BCUT2D eigenvalue weighted by molar-refractivity contribution is 6.33. The Morgan fingerprint density at radius 1 is 0.964 bits per heavy atom. The number of fused-ring (bicyclic) bond motifs is 1. The van der Waals surface area contributed by atoms with Crippen molar-refractivity contribution in [3.05, 3.63) is 53.1 Å². The van der Waals surface area contributed by atoms with Crippen molar-refractivity contribution in [2.45, 2.75) is 18.3 Å². The van der Waals surface area contributed by atoms with Gasteiger partial charge in [-0.25, -0.2) is 4.79 Å². The lowest BCUT2D eigenvalue weighted by Crippen LogP contribution is -2.65. The van der Waals surface area contributed by atoms with E-state index in [0.717, 1.165) is 6.07 Å². The van der Waals surface area contributed by atoms with Crippen LogP contribution in [0.5, 0.6) is 11.5 Å². The van der Waals surface area contributed by atoms with Crippen LogP contribution in [0.3, 0.4) is 0 Å². The van der Waals surface area contributed by atoms with Crippen LogP contribution in [0.1, 0.15) is 5.56 Å². The molecule has 2 aromatic carbocycles. The lowest BCUT2D eigenvalue weighted by Gasteiger charge is -2.29. The Morgan fingerprint density at radius 3 is 2.04 bits per heavy atom. The van der Waals surface area contributed by atoms with Gasteiger partial charge in [0.25, 0.3) is 0 Å². The predicted octanol–water partition coefficient (Wildman–Crippen LogP) is 5.17. The summed E-state index contributed by atoms with van der Waals surface area (Å²) in [5.74, 6) is -4.12. The molecular formula is C16H9ClF6N2O3. The lowest BCUT2D eigenvalue weighted by atomic mass is 10.2. The van der Waals surface area contributed by atoms with Gasteiger partial charge in [0, 0.05) is 0 Å². The minimum Gasteiger partial charge on any atom is -0.424 e. The number of rotatable bonds is 2. The molecule has 0 radical (unpaired) electrons. The normalized spacial score (nSPS) is 15.2. The lowest BCUT2D eigenvalue weighted by molar-refractivity contribution is -0.317. The van der Waals surface area contributed by atoms with Crippen LogP contribution in [0.4, 0.5) is 36.8 Å². The molecule has 0 bridgehead atoms. The Labute approximate surface area is 158 Å². The average Bonchev–Trinajstić information content (AvgIpc) is 2.94. The third-order valence-electron chi connectivity index (χ3n) is 3.55. The number of amides is 2. The summed E-state index contributed by atoms with van der Waals surface area (Å²) in [6.45, 7) is 0. The zero-order valence-electron chi connectivity index (χ0n) is 13.4. The Morgan fingerprint density at radius 2 is 1.54 bits per heavy atom. The summed E-state index contributed by atoms with van der Waals surface area (Å²) in [5.41, 5.74) is -1.71. The fourth-order valence-corrected chi connectivity index (χ4v) is 2.45. The molecule has 0 saturated carbocycles. The van der Waals surface area contributed by atoms with Gasteiger partial charge in [-0.1, -0.05) is 23.7 Å². The van der Waals surface area contributed by atoms with Crippen LogP contribution in [0.25, 0.3) is 0 Å². The number of hydrogen-bond acceptors (Lipinski definition) is 3. The molecule has 0 saturated heterocycles. The van der Waals surface area contributed by atoms with Gasteiger partial charge in [0.1, 0.15) is 0 Å². The standard InChI is InChI=1S/C16H9ClF6N2O3/c17-9-6-5-8(14(18,19)20)7-10(9)24-13(26)25-16(15(21,22)23)27-11-3-1-2-4-12(11)28-16/h1-7H,(H2,24,25,26). The van der Waals surface area contributed by atoms with Crippen molar-refractivity contribution < 1.29 is 40.6 Å². The second-order valence-corrected chi connectivity index (χ2v) is 5.94. The van der Waals surface area contributed by atoms with Crippen LogP contribution < -0.4 is 20.1 Å². The van der Waals surface area contributed by atoms with Crippen molar-refractivity contribution in [3.8, 4) is 11.5 Å². The monoisotopic (exact) mass is 426 g/mol. The number of carbonyl (C=O) groups is 1. The van der Waals surface area contributed by atoms with Gasteiger partial charge in [0.05, 0.1) is 16.3 Å². The number of halogens is 7. The van der Waals surface area contributed by atoms with Gasteiger partial charge in [-0.15, -0.1) is 0 Å². The van der Waals surface area contributed by atoms with Crippen LogP contribution in [-0.2, 0) is 6.18 Å². The average molecular weight is 427 g/mol. The van der Waals surface area contributed by atoms with Crippen LogP contribution in [-0.4, -0.2) is 18.1 Å². The number of carbonyl (C=O) groups excluding carboxylic acids is 1. The van der Waals surface area contributed by atoms with Gasteiger partial charge < -0.3 is 14.8 Å². The summed E-state index contributed by atoms with van der Waals surface area (Å²) in [5, 5.41) is 2.97. The van der Waals surface area contributed by atoms with E-state index in [9.17, 15) is 31.1 Å². The smallest absolute Gasteiger partial charge is 0.424 e. The van der Waals surface area contributed by atoms with Gasteiger partial charge in [0.15, 0.2) is 11.5 Å². The first-order chi connectivity index (χ1) is 12.9. The molecule has 150 valence electrons. The van der Waals surface area contributed by atoms with Crippen LogP contribution in [0.2, 0.25) is 5.02 Å². The first kappa shape index (κ1) is 19.9. The van der Waals surface area contributed by atoms with Crippen molar-refractivity contribution in [3.63, 3.8) is 0 Å². The van der Waals surface area contributed by atoms with E-state index >= 15 is 0 Å². The van der Waals surface area contributed by atoms with E-state index in [0.29, 0.717) is 12.1 Å². The molecule has 1 aliphatic rings. The molecule has 2 amide bonds. The van der Waals surface area contributed by atoms with Gasteiger partial charge >= 0.3 is 24.3 Å². The molecule has 2 aromatic rings. The molecule has 0 aliphatic carbocycles. The molecule has 0 spiro atoms. The summed E-state index contributed by atoms with van der Waals surface area (Å²) >= 11 is 5.71. The highest BCUT2D eigenvalue weighted by atomic mass is 35.5. The van der Waals surface area contributed by atoms with Crippen molar-refractivity contribution in [2.75, 3.05) is 5.32 Å². The number of anilines is 1. The van der Waals surface area contributed by atoms with Crippen molar-refractivity contribution in [1.29, 1.82) is 0 Å². The number of benzene rings is 2. The summed E-state index contributed by atoms with van der Waals surface area (Å²) in [7, 11) is 0. The molecule has 0 unspecified atom stereocenters. The number of urea groups is 1. The van der Waals surface area contributed by atoms with E-state index in [2.05, 4.69) is 0 Å². The van der Waals surface area contributed by atoms with Crippen molar-refractivity contribution >= 4 is 23.3 Å². The van der Waals surface area contributed by atoms with Gasteiger partial charge in [-0.2, -0.15) is 26.3 Å². The Bertz CT molecular complexity index is 891. The van der Waals surface area contributed by atoms with Crippen molar-refractivity contribution in [1.82, 2.24) is 5.32 Å². The number of hydrogen-bond donors (Lipinski definition) is 2. The van der Waals surface area contributed by atoms with Crippen LogP contribution >= 0.6 is 11.6 Å². The SMILES string of the molecule is O=C(Nc1cc(C(F)(F)F)ccc1Cl)NC1(C(F)(F)F)Oc2ccccc2O1. The maximum Gasteiger partial charge on any atom is 0.492 e. The van der Waals surface area contributed by atoms with E-state index in [4.69, 9.17) is 21.1 Å². The predicted molar refractivity (Wildman–Crippen MR) is 85.1 cm³/mol. The molecule has 28 heavy (non-hydrogen) atoms. The Balaban J connectivity index is 1.84. The molecule has 2 N–H and O–H groups in total. The first-order valence-corrected chi connectivity index (χ1v) is 7.79. The van der Waals surface area contributed by atoms with Crippen LogP contribution in [0, 0.1) is 0 Å². The number of ether oxygens (including phenoxy) is 2. The van der Waals surface area contributed by atoms with E-state index in [1.165, 1.54) is 29.6 Å². The summed E-state index contributed by atoms with van der Waals surface area (Å²) in [4.78, 5) is 12.1. The molecular weight excluding hydrogens is 418 g/mol. The Hall–Kier alpha value is -2.82. The quantitative estimate of drug-likeness (QED) is 0.652. The first-order valence-electron chi connectivity index (χ1n) is 7.41. The zero-order chi connectivity index (χ0) is 20.7. The summed E-state index contributed by atoms with van der Waals surface area (Å²) in [6.07, 6.45) is -9.97. The highest BCUT2D eigenvalue weighted by Gasteiger charge is 2.65. The maximum atomic E-state index is 13.5. The van der Waals surface area contributed by atoms with Gasteiger partial charge in [-0.3, -0.25) is 5.32 Å². The molecule has 3 rings (SSSR count). The molecule has 0 fully saturated rings.